The number of aryl methyl sites for hydroxylation is 1. The van der Waals surface area contributed by atoms with Crippen LogP contribution in [0.2, 0.25) is 0 Å². The molecule has 0 bridgehead atoms. The first-order chi connectivity index (χ1) is 10.1. The van der Waals surface area contributed by atoms with Crippen LogP contribution in [0.5, 0.6) is 0 Å². The average molecular weight is 307 g/mol. The number of benzene rings is 1. The van der Waals surface area contributed by atoms with Gasteiger partial charge in [-0.25, -0.2) is 0 Å². The van der Waals surface area contributed by atoms with E-state index < -0.39 is 0 Å². The number of amides is 1. The van der Waals surface area contributed by atoms with Crippen LogP contribution in [0.3, 0.4) is 0 Å². The molecule has 1 aromatic rings. The minimum Gasteiger partial charge on any atom is -0.393 e. The molecule has 2 N–H and O–H groups in total. The van der Waals surface area contributed by atoms with E-state index in [4.69, 9.17) is 0 Å². The molecule has 0 heterocycles. The molecule has 0 spiro atoms. The lowest BCUT2D eigenvalue weighted by Gasteiger charge is -2.27. The smallest absolute Gasteiger partial charge is 0.220 e. The standard InChI is InChI=1S/C17H25NO2S/c1-13-6-8-15(9-7-13)21-11-10-17(20)18-12-14-4-2-3-5-16(14)19/h6-9,14,16,19H,2-5,10-12H2,1H3,(H,18,20). The molecule has 1 aromatic carbocycles. The van der Waals surface area contributed by atoms with Gasteiger partial charge in [-0.1, -0.05) is 30.5 Å². The van der Waals surface area contributed by atoms with Gasteiger partial charge in [0.15, 0.2) is 0 Å². The Hall–Kier alpha value is -1.00. The van der Waals surface area contributed by atoms with Crippen molar-refractivity contribution in [3.05, 3.63) is 29.8 Å². The van der Waals surface area contributed by atoms with E-state index in [2.05, 4.69) is 36.5 Å². The van der Waals surface area contributed by atoms with Crippen molar-refractivity contribution in [2.24, 2.45) is 5.92 Å². The number of aliphatic hydroxyl groups is 1. The first kappa shape index (κ1) is 16.4. The van der Waals surface area contributed by atoms with Crippen LogP contribution in [0, 0.1) is 12.8 Å². The molecule has 1 amide bonds. The number of hydrogen-bond acceptors (Lipinski definition) is 3. The van der Waals surface area contributed by atoms with Crippen LogP contribution < -0.4 is 5.32 Å². The summed E-state index contributed by atoms with van der Waals surface area (Å²) in [5, 5.41) is 12.8. The van der Waals surface area contributed by atoms with E-state index in [0.29, 0.717) is 13.0 Å². The van der Waals surface area contributed by atoms with Gasteiger partial charge < -0.3 is 10.4 Å². The SMILES string of the molecule is Cc1ccc(SCCC(=O)NCC2CCCCC2O)cc1. The third-order valence-electron chi connectivity index (χ3n) is 4.05. The second-order valence-electron chi connectivity index (χ2n) is 5.83. The van der Waals surface area contributed by atoms with Crippen molar-refractivity contribution in [3.8, 4) is 0 Å². The highest BCUT2D eigenvalue weighted by Crippen LogP contribution is 2.23. The molecule has 2 atom stereocenters. The van der Waals surface area contributed by atoms with E-state index in [1.54, 1.807) is 11.8 Å². The Kier molecular flexibility index (Phi) is 6.58. The summed E-state index contributed by atoms with van der Waals surface area (Å²) < 4.78 is 0. The molecule has 1 saturated carbocycles. The van der Waals surface area contributed by atoms with Crippen molar-refractivity contribution in [2.45, 2.75) is 50.0 Å². The zero-order valence-electron chi connectivity index (χ0n) is 12.7. The van der Waals surface area contributed by atoms with Gasteiger partial charge in [-0.15, -0.1) is 11.8 Å². The van der Waals surface area contributed by atoms with Crippen LogP contribution in [0.4, 0.5) is 0 Å². The minimum atomic E-state index is -0.235. The second kappa shape index (κ2) is 8.44. The van der Waals surface area contributed by atoms with Crippen molar-refractivity contribution in [1.29, 1.82) is 0 Å². The molecule has 116 valence electrons. The highest BCUT2D eigenvalue weighted by Gasteiger charge is 2.23. The van der Waals surface area contributed by atoms with Gasteiger partial charge in [0.25, 0.3) is 0 Å². The number of nitrogens with one attached hydrogen (secondary N) is 1. The molecule has 4 heteroatoms. The van der Waals surface area contributed by atoms with E-state index >= 15 is 0 Å². The van der Waals surface area contributed by atoms with Gasteiger partial charge in [0.2, 0.25) is 5.91 Å². The number of hydrogen-bond donors (Lipinski definition) is 2. The quantitative estimate of drug-likeness (QED) is 0.794. The molecule has 3 nitrogen and oxygen atoms in total. The molecule has 2 unspecified atom stereocenters. The zero-order chi connectivity index (χ0) is 15.1. The lowest BCUT2D eigenvalue weighted by Crippen LogP contribution is -2.36. The number of aliphatic hydroxyl groups excluding tert-OH is 1. The summed E-state index contributed by atoms with van der Waals surface area (Å²) in [5.74, 6) is 1.13. The summed E-state index contributed by atoms with van der Waals surface area (Å²) in [7, 11) is 0. The summed E-state index contributed by atoms with van der Waals surface area (Å²) >= 11 is 1.71. The molecule has 0 aliphatic heterocycles. The van der Waals surface area contributed by atoms with Crippen molar-refractivity contribution in [3.63, 3.8) is 0 Å². The Morgan fingerprint density at radius 1 is 1.29 bits per heavy atom. The number of carbonyl (C=O) groups is 1. The molecule has 1 fully saturated rings. The van der Waals surface area contributed by atoms with Crippen LogP contribution in [-0.4, -0.2) is 29.4 Å². The van der Waals surface area contributed by atoms with Gasteiger partial charge >= 0.3 is 0 Å². The fourth-order valence-electron chi connectivity index (χ4n) is 2.66. The number of thioether (sulfide) groups is 1. The molecule has 0 aromatic heterocycles. The van der Waals surface area contributed by atoms with Crippen molar-refractivity contribution in [1.82, 2.24) is 5.32 Å². The third kappa shape index (κ3) is 5.71. The maximum absolute atomic E-state index is 11.8. The summed E-state index contributed by atoms with van der Waals surface area (Å²) in [6.45, 7) is 2.69. The third-order valence-corrected chi connectivity index (χ3v) is 5.06. The first-order valence-electron chi connectivity index (χ1n) is 7.79. The topological polar surface area (TPSA) is 49.3 Å². The van der Waals surface area contributed by atoms with Gasteiger partial charge in [-0.05, 0) is 31.9 Å². The fraction of sp³-hybridized carbons (Fsp3) is 0.588. The summed E-state index contributed by atoms with van der Waals surface area (Å²) in [6, 6.07) is 8.37. The van der Waals surface area contributed by atoms with E-state index in [1.165, 1.54) is 16.9 Å². The monoisotopic (exact) mass is 307 g/mol. The molecule has 1 aliphatic carbocycles. The lowest BCUT2D eigenvalue weighted by molar-refractivity contribution is -0.121. The highest BCUT2D eigenvalue weighted by molar-refractivity contribution is 7.99. The average Bonchev–Trinajstić information content (AvgIpc) is 2.48. The molecule has 2 rings (SSSR count). The molecule has 0 saturated heterocycles. The van der Waals surface area contributed by atoms with Crippen LogP contribution in [-0.2, 0) is 4.79 Å². The predicted octanol–water partition coefficient (Wildman–Crippen LogP) is 3.14. The maximum atomic E-state index is 11.8. The van der Waals surface area contributed by atoms with Gasteiger partial charge in [0.1, 0.15) is 0 Å². The largest absolute Gasteiger partial charge is 0.393 e. The van der Waals surface area contributed by atoms with Crippen molar-refractivity contribution in [2.75, 3.05) is 12.3 Å². The summed E-state index contributed by atoms with van der Waals surface area (Å²) in [4.78, 5) is 13.0. The Balaban J connectivity index is 1.62. The van der Waals surface area contributed by atoms with E-state index in [9.17, 15) is 9.90 Å². The van der Waals surface area contributed by atoms with Gasteiger partial charge in [-0.2, -0.15) is 0 Å². The lowest BCUT2D eigenvalue weighted by atomic mass is 9.86. The fourth-order valence-corrected chi connectivity index (χ4v) is 3.51. The summed E-state index contributed by atoms with van der Waals surface area (Å²) in [6.07, 6.45) is 4.48. The van der Waals surface area contributed by atoms with Gasteiger partial charge in [0, 0.05) is 29.5 Å². The maximum Gasteiger partial charge on any atom is 0.220 e. The predicted molar refractivity (Wildman–Crippen MR) is 87.5 cm³/mol. The van der Waals surface area contributed by atoms with Gasteiger partial charge in [0.05, 0.1) is 6.10 Å². The van der Waals surface area contributed by atoms with Crippen molar-refractivity contribution < 1.29 is 9.90 Å². The minimum absolute atomic E-state index is 0.0902. The van der Waals surface area contributed by atoms with E-state index in [0.717, 1.165) is 25.0 Å². The number of rotatable bonds is 6. The van der Waals surface area contributed by atoms with Crippen LogP contribution in [0.1, 0.15) is 37.7 Å². The zero-order valence-corrected chi connectivity index (χ0v) is 13.5. The van der Waals surface area contributed by atoms with E-state index in [1.807, 2.05) is 0 Å². The number of carbonyl (C=O) groups excluding carboxylic acids is 1. The molecule has 21 heavy (non-hydrogen) atoms. The molecule has 0 radical (unpaired) electrons. The normalized spacial score (nSPS) is 22.0. The van der Waals surface area contributed by atoms with Crippen LogP contribution in [0.25, 0.3) is 0 Å². The molecular formula is C17H25NO2S. The Bertz CT molecular complexity index is 447. The molecular weight excluding hydrogens is 282 g/mol. The Morgan fingerprint density at radius 3 is 2.71 bits per heavy atom. The van der Waals surface area contributed by atoms with Gasteiger partial charge in [-0.3, -0.25) is 4.79 Å². The Labute approximate surface area is 131 Å². The van der Waals surface area contributed by atoms with E-state index in [-0.39, 0.29) is 17.9 Å². The second-order valence-corrected chi connectivity index (χ2v) is 7.00. The van der Waals surface area contributed by atoms with Crippen molar-refractivity contribution >= 4 is 17.7 Å². The van der Waals surface area contributed by atoms with Crippen LogP contribution in [0.15, 0.2) is 29.2 Å². The highest BCUT2D eigenvalue weighted by atomic mass is 32.2. The van der Waals surface area contributed by atoms with Crippen LogP contribution >= 0.6 is 11.8 Å². The summed E-state index contributed by atoms with van der Waals surface area (Å²) in [5.41, 5.74) is 1.25. The Morgan fingerprint density at radius 2 is 2.00 bits per heavy atom. The molecule has 1 aliphatic rings. The first-order valence-corrected chi connectivity index (χ1v) is 8.78.